The van der Waals surface area contributed by atoms with Crippen LogP contribution in [0.1, 0.15) is 22.3 Å². The molecule has 0 saturated carbocycles. The van der Waals surface area contributed by atoms with Crippen LogP contribution in [0.25, 0.3) is 0 Å². The maximum atomic E-state index is 12.5. The Labute approximate surface area is 152 Å². The highest BCUT2D eigenvalue weighted by molar-refractivity contribution is 7.89. The number of rotatable bonds is 5. The lowest BCUT2D eigenvalue weighted by Gasteiger charge is -2.11. The Hall–Kier alpha value is -2.25. The fourth-order valence-electron chi connectivity index (χ4n) is 2.63. The molecule has 0 bridgehead atoms. The van der Waals surface area contributed by atoms with Crippen molar-refractivity contribution in [3.05, 3.63) is 51.5 Å². The summed E-state index contributed by atoms with van der Waals surface area (Å²) in [5, 5.41) is 13.6. The highest BCUT2D eigenvalue weighted by Gasteiger charge is 2.19. The Morgan fingerprint density at radius 3 is 2.32 bits per heavy atom. The zero-order chi connectivity index (χ0) is 18.8. The molecule has 134 valence electrons. The van der Waals surface area contributed by atoms with Gasteiger partial charge in [0.05, 0.1) is 23.2 Å². The lowest BCUT2D eigenvalue weighted by Crippen LogP contribution is -2.20. The summed E-state index contributed by atoms with van der Waals surface area (Å²) >= 11 is 5.89. The van der Waals surface area contributed by atoms with E-state index in [-0.39, 0.29) is 21.4 Å². The molecule has 0 aliphatic heterocycles. The Bertz CT molecular complexity index is 917. The number of hydrogen-bond donors (Lipinski definition) is 2. The number of halogens is 1. The van der Waals surface area contributed by atoms with Gasteiger partial charge in [-0.3, -0.25) is 0 Å². The third-order valence-electron chi connectivity index (χ3n) is 3.53. The molecule has 0 fully saturated rings. The van der Waals surface area contributed by atoms with Crippen LogP contribution in [0, 0.1) is 20.8 Å². The molecule has 0 spiro atoms. The lowest BCUT2D eigenvalue weighted by molar-refractivity contribution is 0.373. The number of phenolic OH excluding ortho intramolecular Hbond substituents is 1. The summed E-state index contributed by atoms with van der Waals surface area (Å²) in [7, 11) is -2.42. The van der Waals surface area contributed by atoms with Gasteiger partial charge in [-0.05, 0) is 49.6 Å². The summed E-state index contributed by atoms with van der Waals surface area (Å²) in [4.78, 5) is 2.40. The van der Waals surface area contributed by atoms with E-state index in [1.807, 2.05) is 6.92 Å². The molecule has 25 heavy (non-hydrogen) atoms. The molecule has 2 aromatic carbocycles. The van der Waals surface area contributed by atoms with Gasteiger partial charge in [0.15, 0.2) is 11.5 Å². The first-order valence-electron chi connectivity index (χ1n) is 7.35. The van der Waals surface area contributed by atoms with Gasteiger partial charge in [0, 0.05) is 0 Å². The van der Waals surface area contributed by atoms with Crippen molar-refractivity contribution in [3.63, 3.8) is 0 Å². The molecule has 2 N–H and O–H groups in total. The van der Waals surface area contributed by atoms with Gasteiger partial charge in [0.25, 0.3) is 10.0 Å². The van der Waals surface area contributed by atoms with E-state index in [0.717, 1.165) is 5.56 Å². The minimum absolute atomic E-state index is 0.0777. The van der Waals surface area contributed by atoms with Crippen molar-refractivity contribution in [2.45, 2.75) is 25.7 Å². The van der Waals surface area contributed by atoms with Gasteiger partial charge in [-0.1, -0.05) is 29.3 Å². The molecular weight excluding hydrogens is 364 g/mol. The van der Waals surface area contributed by atoms with Crippen LogP contribution < -0.4 is 9.57 Å². The molecule has 0 atom stereocenters. The van der Waals surface area contributed by atoms with Crippen LogP contribution in [0.4, 0.5) is 0 Å². The van der Waals surface area contributed by atoms with Crippen LogP contribution in [0.15, 0.2) is 34.3 Å². The average molecular weight is 383 g/mol. The fraction of sp³-hybridized carbons (Fsp3) is 0.235. The number of sulfonamides is 1. The Kier molecular flexibility index (Phi) is 5.59. The second-order valence-corrected chi connectivity index (χ2v) is 7.64. The van der Waals surface area contributed by atoms with E-state index in [4.69, 9.17) is 16.3 Å². The van der Waals surface area contributed by atoms with Crippen molar-refractivity contribution >= 4 is 27.8 Å². The molecule has 8 heteroatoms. The first-order valence-corrected chi connectivity index (χ1v) is 9.21. The van der Waals surface area contributed by atoms with Crippen molar-refractivity contribution in [1.82, 2.24) is 4.83 Å². The molecule has 0 radical (unpaired) electrons. The summed E-state index contributed by atoms with van der Waals surface area (Å²) in [5.41, 5.74) is 2.76. The van der Waals surface area contributed by atoms with Crippen LogP contribution >= 0.6 is 11.6 Å². The summed E-state index contributed by atoms with van der Waals surface area (Å²) < 4.78 is 30.0. The molecule has 0 saturated heterocycles. The van der Waals surface area contributed by atoms with Crippen LogP contribution in [0.3, 0.4) is 0 Å². The second-order valence-electron chi connectivity index (χ2n) is 5.63. The lowest BCUT2D eigenvalue weighted by atomic mass is 10.1. The van der Waals surface area contributed by atoms with Crippen LogP contribution in [-0.2, 0) is 10.0 Å². The van der Waals surface area contributed by atoms with Crippen LogP contribution in [0.5, 0.6) is 11.5 Å². The molecule has 2 aromatic rings. The molecule has 0 aliphatic rings. The smallest absolute Gasteiger partial charge is 0.277 e. The first-order chi connectivity index (χ1) is 11.7. The van der Waals surface area contributed by atoms with Gasteiger partial charge >= 0.3 is 0 Å². The molecule has 0 aliphatic carbocycles. The topological polar surface area (TPSA) is 88.0 Å². The van der Waals surface area contributed by atoms with Gasteiger partial charge in [-0.2, -0.15) is 13.5 Å². The normalized spacial score (nSPS) is 11.7. The average Bonchev–Trinajstić information content (AvgIpc) is 2.48. The van der Waals surface area contributed by atoms with E-state index in [9.17, 15) is 13.5 Å². The van der Waals surface area contributed by atoms with Gasteiger partial charge in [-0.25, -0.2) is 4.83 Å². The van der Waals surface area contributed by atoms with E-state index in [2.05, 4.69) is 9.93 Å². The number of ether oxygens (including phenoxy) is 1. The Balaban J connectivity index is 2.29. The van der Waals surface area contributed by atoms with E-state index < -0.39 is 10.0 Å². The number of nitrogens with zero attached hydrogens (tertiary/aromatic N) is 1. The fourth-order valence-corrected chi connectivity index (χ4v) is 4.10. The number of hydrazone groups is 1. The minimum atomic E-state index is -3.80. The zero-order valence-corrected chi connectivity index (χ0v) is 15.9. The number of methoxy groups -OCH3 is 1. The van der Waals surface area contributed by atoms with Crippen molar-refractivity contribution < 1.29 is 18.3 Å². The van der Waals surface area contributed by atoms with Crippen molar-refractivity contribution in [2.24, 2.45) is 5.10 Å². The third kappa shape index (κ3) is 4.24. The summed E-state index contributed by atoms with van der Waals surface area (Å²) in [5.74, 6) is -0.0187. The largest absolute Gasteiger partial charge is 0.503 e. The van der Waals surface area contributed by atoms with Gasteiger partial charge in [0.1, 0.15) is 0 Å². The van der Waals surface area contributed by atoms with Crippen LogP contribution in [-0.4, -0.2) is 26.8 Å². The molecule has 0 aromatic heterocycles. The highest BCUT2D eigenvalue weighted by atomic mass is 35.5. The number of benzene rings is 2. The first kappa shape index (κ1) is 19.1. The zero-order valence-electron chi connectivity index (χ0n) is 14.3. The molecule has 0 heterocycles. The van der Waals surface area contributed by atoms with Gasteiger partial charge in [-0.15, -0.1) is 0 Å². The third-order valence-corrected chi connectivity index (χ3v) is 5.35. The minimum Gasteiger partial charge on any atom is -0.503 e. The molecule has 6 nitrogen and oxygen atoms in total. The van der Waals surface area contributed by atoms with E-state index in [1.54, 1.807) is 26.0 Å². The summed E-state index contributed by atoms with van der Waals surface area (Å²) in [6.45, 7) is 5.38. The monoisotopic (exact) mass is 382 g/mol. The molecule has 0 unspecified atom stereocenters. The number of aryl methyl sites for hydroxylation is 3. The molecule has 0 amide bonds. The molecular formula is C17H19ClN2O4S. The highest BCUT2D eigenvalue weighted by Crippen LogP contribution is 2.34. The Morgan fingerprint density at radius 1 is 1.16 bits per heavy atom. The second kappa shape index (κ2) is 7.33. The van der Waals surface area contributed by atoms with E-state index in [1.165, 1.54) is 25.5 Å². The number of hydrogen-bond acceptors (Lipinski definition) is 5. The van der Waals surface area contributed by atoms with Gasteiger partial charge in [0.2, 0.25) is 0 Å². The van der Waals surface area contributed by atoms with Crippen molar-refractivity contribution in [2.75, 3.05) is 7.11 Å². The van der Waals surface area contributed by atoms with Gasteiger partial charge < -0.3 is 9.84 Å². The predicted octanol–water partition coefficient (Wildman–Crippen LogP) is 3.29. The standard InChI is InChI=1S/C17H19ClN2O4S/c1-10-5-11(2)17(12(3)6-10)25(22,23)20-19-9-13-7-14(18)16(21)15(8-13)24-4/h5-9,20-21H,1-4H3/b19-9+. The molecule has 2 rings (SSSR count). The summed E-state index contributed by atoms with van der Waals surface area (Å²) in [6, 6.07) is 6.53. The number of nitrogens with one attached hydrogen (secondary N) is 1. The SMILES string of the molecule is COc1cc(/C=N/NS(=O)(=O)c2c(C)cc(C)cc2C)cc(Cl)c1O. The number of phenols is 1. The van der Waals surface area contributed by atoms with Crippen molar-refractivity contribution in [3.8, 4) is 11.5 Å². The summed E-state index contributed by atoms with van der Waals surface area (Å²) in [6.07, 6.45) is 1.28. The maximum Gasteiger partial charge on any atom is 0.277 e. The van der Waals surface area contributed by atoms with E-state index in [0.29, 0.717) is 16.7 Å². The van der Waals surface area contributed by atoms with E-state index >= 15 is 0 Å². The van der Waals surface area contributed by atoms with Crippen molar-refractivity contribution in [1.29, 1.82) is 0 Å². The Morgan fingerprint density at radius 2 is 1.76 bits per heavy atom. The predicted molar refractivity (Wildman–Crippen MR) is 98.2 cm³/mol. The maximum absolute atomic E-state index is 12.5. The quantitative estimate of drug-likeness (QED) is 0.613. The van der Waals surface area contributed by atoms with Crippen LogP contribution in [0.2, 0.25) is 5.02 Å². The number of aromatic hydroxyl groups is 1.